The Bertz CT molecular complexity index is 1390. The van der Waals surface area contributed by atoms with Gasteiger partial charge in [-0.25, -0.2) is 4.79 Å². The van der Waals surface area contributed by atoms with Gasteiger partial charge in [-0.3, -0.25) is 9.69 Å². The third-order valence-electron chi connectivity index (χ3n) is 6.43. The fraction of sp³-hybridized carbons (Fsp3) is 0.267. The molecule has 1 amide bonds. The summed E-state index contributed by atoms with van der Waals surface area (Å²) in [5.41, 5.74) is 8.11. The van der Waals surface area contributed by atoms with Crippen molar-refractivity contribution in [1.82, 2.24) is 4.57 Å². The molecule has 0 saturated carbocycles. The average molecular weight is 485 g/mol. The number of rotatable bonds is 6. The third kappa shape index (κ3) is 4.47. The molecule has 1 aliphatic rings. The lowest BCUT2D eigenvalue weighted by Gasteiger charge is -2.18. The minimum Gasteiger partial charge on any atom is -0.494 e. The van der Waals surface area contributed by atoms with Gasteiger partial charge in [0, 0.05) is 28.5 Å². The molecule has 0 spiro atoms. The van der Waals surface area contributed by atoms with Crippen LogP contribution in [0.1, 0.15) is 41.9 Å². The lowest BCUT2D eigenvalue weighted by Crippen LogP contribution is -2.24. The van der Waals surface area contributed by atoms with Gasteiger partial charge in [-0.15, -0.1) is 0 Å². The summed E-state index contributed by atoms with van der Waals surface area (Å²) in [5, 5.41) is 0. The Morgan fingerprint density at radius 2 is 1.56 bits per heavy atom. The molecule has 0 fully saturated rings. The lowest BCUT2D eigenvalue weighted by atomic mass is 10.0. The van der Waals surface area contributed by atoms with Crippen molar-refractivity contribution in [2.24, 2.45) is 0 Å². The highest BCUT2D eigenvalue weighted by Crippen LogP contribution is 2.37. The van der Waals surface area contributed by atoms with Crippen molar-refractivity contribution in [2.45, 2.75) is 41.5 Å². The van der Waals surface area contributed by atoms with Crippen LogP contribution in [0.15, 0.2) is 65.4 Å². The molecule has 0 unspecified atom stereocenters. The summed E-state index contributed by atoms with van der Waals surface area (Å²) in [4.78, 5) is 28.1. The van der Waals surface area contributed by atoms with Crippen molar-refractivity contribution < 1.29 is 19.1 Å². The van der Waals surface area contributed by atoms with Crippen LogP contribution in [0.4, 0.5) is 5.69 Å². The molecule has 36 heavy (non-hydrogen) atoms. The number of hydrogen-bond acceptors (Lipinski definition) is 4. The topological polar surface area (TPSA) is 60.8 Å². The van der Waals surface area contributed by atoms with Crippen LogP contribution in [-0.2, 0) is 14.3 Å². The summed E-state index contributed by atoms with van der Waals surface area (Å²) in [7, 11) is 1.33. The molecular weight excluding hydrogens is 452 g/mol. The second-order valence-electron chi connectivity index (χ2n) is 9.09. The molecule has 6 nitrogen and oxygen atoms in total. The van der Waals surface area contributed by atoms with Gasteiger partial charge in [-0.2, -0.15) is 0 Å². The molecule has 3 aromatic rings. The molecule has 0 radical (unpaired) electrons. The van der Waals surface area contributed by atoms with E-state index < -0.39 is 5.97 Å². The number of allylic oxidation sites excluding steroid dienone is 1. The minimum atomic E-state index is -0.538. The number of amides is 1. The van der Waals surface area contributed by atoms with E-state index in [1.165, 1.54) is 18.2 Å². The van der Waals surface area contributed by atoms with E-state index in [1.807, 2.05) is 51.1 Å². The Morgan fingerprint density at radius 1 is 0.917 bits per heavy atom. The Labute approximate surface area is 212 Å². The predicted molar refractivity (Wildman–Crippen MR) is 143 cm³/mol. The van der Waals surface area contributed by atoms with Crippen LogP contribution < -0.4 is 9.64 Å². The highest BCUT2D eigenvalue weighted by atomic mass is 16.5. The van der Waals surface area contributed by atoms with Gasteiger partial charge in [-0.1, -0.05) is 6.07 Å². The van der Waals surface area contributed by atoms with Crippen LogP contribution in [0, 0.1) is 27.7 Å². The van der Waals surface area contributed by atoms with E-state index in [2.05, 4.69) is 36.6 Å². The van der Waals surface area contributed by atoms with E-state index >= 15 is 0 Å². The monoisotopic (exact) mass is 484 g/mol. The maximum Gasteiger partial charge on any atom is 0.340 e. The van der Waals surface area contributed by atoms with Crippen molar-refractivity contribution >= 4 is 23.6 Å². The molecule has 4 rings (SSSR count). The average Bonchev–Trinajstić information content (AvgIpc) is 3.24. The van der Waals surface area contributed by atoms with Gasteiger partial charge in [0.25, 0.3) is 5.91 Å². The first-order chi connectivity index (χ1) is 17.2. The van der Waals surface area contributed by atoms with Crippen molar-refractivity contribution in [3.63, 3.8) is 0 Å². The van der Waals surface area contributed by atoms with Crippen molar-refractivity contribution in [2.75, 3.05) is 18.6 Å². The Balaban J connectivity index is 1.81. The molecule has 0 atom stereocenters. The number of ether oxygens (including phenoxy) is 2. The van der Waals surface area contributed by atoms with Crippen molar-refractivity contribution in [3.05, 3.63) is 93.5 Å². The molecule has 1 aromatic heterocycles. The van der Waals surface area contributed by atoms with Crippen LogP contribution in [-0.4, -0.2) is 30.2 Å². The van der Waals surface area contributed by atoms with E-state index in [1.54, 1.807) is 17.9 Å². The van der Waals surface area contributed by atoms with Crippen LogP contribution >= 0.6 is 0 Å². The number of nitrogens with zero attached hydrogens (tertiary/aromatic N) is 2. The fourth-order valence-corrected chi connectivity index (χ4v) is 4.92. The van der Waals surface area contributed by atoms with Gasteiger partial charge >= 0.3 is 5.97 Å². The summed E-state index contributed by atoms with van der Waals surface area (Å²) in [5.74, 6) is -0.0887. The molecule has 2 heterocycles. The number of aromatic nitrogens is 1. The van der Waals surface area contributed by atoms with Crippen LogP contribution in [0.25, 0.3) is 11.8 Å². The first kappa shape index (κ1) is 25.0. The summed E-state index contributed by atoms with van der Waals surface area (Å²) in [6.07, 6.45) is 1.80. The van der Waals surface area contributed by atoms with Gasteiger partial charge < -0.3 is 14.0 Å². The smallest absolute Gasteiger partial charge is 0.340 e. The number of carbonyl (C=O) groups is 2. The van der Waals surface area contributed by atoms with Crippen molar-refractivity contribution in [3.8, 4) is 11.4 Å². The number of carbonyl (C=O) groups excluding carboxylic acids is 2. The van der Waals surface area contributed by atoms with E-state index in [0.29, 0.717) is 23.6 Å². The second-order valence-corrected chi connectivity index (χ2v) is 9.09. The summed E-state index contributed by atoms with van der Waals surface area (Å²) < 4.78 is 12.8. The molecule has 0 aliphatic carbocycles. The SMILES string of the molecule is CCOc1ccc(N2C(=O)/C(=C\c3cc(C)n(-c4cc(C)cc(C)c4)c3C)C(C(=O)OC)=C2C)cc1. The maximum atomic E-state index is 13.7. The Morgan fingerprint density at radius 3 is 2.14 bits per heavy atom. The van der Waals surface area contributed by atoms with Gasteiger partial charge in [0.15, 0.2) is 0 Å². The van der Waals surface area contributed by atoms with Gasteiger partial charge in [0.2, 0.25) is 0 Å². The zero-order valence-corrected chi connectivity index (χ0v) is 21.9. The van der Waals surface area contributed by atoms with Gasteiger partial charge in [-0.05, 0) is 107 Å². The Kier molecular flexibility index (Phi) is 6.88. The normalized spacial score (nSPS) is 14.7. The molecular formula is C30H32N2O4. The van der Waals surface area contributed by atoms with Gasteiger partial charge in [0.05, 0.1) is 24.9 Å². The largest absolute Gasteiger partial charge is 0.494 e. The van der Waals surface area contributed by atoms with E-state index in [-0.39, 0.29) is 11.5 Å². The molecule has 6 heteroatoms. The Hall–Kier alpha value is -4.06. The quantitative estimate of drug-likeness (QED) is 0.319. The highest BCUT2D eigenvalue weighted by molar-refractivity contribution is 6.23. The first-order valence-corrected chi connectivity index (χ1v) is 12.0. The van der Waals surface area contributed by atoms with E-state index in [0.717, 1.165) is 28.4 Å². The first-order valence-electron chi connectivity index (χ1n) is 12.0. The van der Waals surface area contributed by atoms with Crippen molar-refractivity contribution in [1.29, 1.82) is 0 Å². The number of methoxy groups -OCH3 is 1. The molecule has 1 aliphatic heterocycles. The fourth-order valence-electron chi connectivity index (χ4n) is 4.92. The number of esters is 1. The molecule has 0 saturated heterocycles. The van der Waals surface area contributed by atoms with Crippen LogP contribution in [0.5, 0.6) is 5.75 Å². The summed E-state index contributed by atoms with van der Waals surface area (Å²) in [6, 6.07) is 15.7. The lowest BCUT2D eigenvalue weighted by molar-refractivity contribution is -0.136. The number of anilines is 1. The number of benzene rings is 2. The van der Waals surface area contributed by atoms with Crippen LogP contribution in [0.3, 0.4) is 0 Å². The maximum absolute atomic E-state index is 13.7. The third-order valence-corrected chi connectivity index (χ3v) is 6.43. The number of aryl methyl sites for hydroxylation is 3. The highest BCUT2D eigenvalue weighted by Gasteiger charge is 2.38. The van der Waals surface area contributed by atoms with Gasteiger partial charge in [0.1, 0.15) is 5.75 Å². The second kappa shape index (κ2) is 9.90. The molecule has 0 N–H and O–H groups in total. The zero-order valence-electron chi connectivity index (χ0n) is 21.9. The van der Waals surface area contributed by atoms with E-state index in [4.69, 9.17) is 9.47 Å². The van der Waals surface area contributed by atoms with E-state index in [9.17, 15) is 9.59 Å². The molecule has 186 valence electrons. The van der Waals surface area contributed by atoms with Crippen LogP contribution in [0.2, 0.25) is 0 Å². The summed E-state index contributed by atoms with van der Waals surface area (Å²) >= 11 is 0. The molecule has 0 bridgehead atoms. The summed E-state index contributed by atoms with van der Waals surface area (Å²) in [6.45, 7) is 12.5. The number of hydrogen-bond donors (Lipinski definition) is 0. The zero-order chi connectivity index (χ0) is 26.1. The molecule has 2 aromatic carbocycles. The minimum absolute atomic E-state index is 0.270. The predicted octanol–water partition coefficient (Wildman–Crippen LogP) is 5.99. The standard InChI is InChI=1S/C30H32N2O4/c1-8-36-26-11-9-24(10-12-26)32-22(6)28(30(34)35-7)27(29(32)33)17-23-16-20(4)31(21(23)5)25-14-18(2)13-19(3)15-25/h9-17H,8H2,1-7H3/b27-17-.